The molecule has 0 radical (unpaired) electrons. The minimum atomic E-state index is -1.34. The Morgan fingerprint density at radius 3 is 2.26 bits per heavy atom. The standard InChI is InChI=1S/C14H19N3O2/c1-11(18)14(13(15)19,12-5-3-2-4-6-12)17-9-7-16-8-10-17/h2-6,16H,7-10H2,1H3,(H2,15,19). The Bertz CT molecular complexity index is 453. The number of nitrogens with one attached hydrogen (secondary N) is 1. The van der Waals surface area contributed by atoms with Crippen LogP contribution in [0.4, 0.5) is 0 Å². The molecular weight excluding hydrogens is 242 g/mol. The summed E-state index contributed by atoms with van der Waals surface area (Å²) >= 11 is 0. The summed E-state index contributed by atoms with van der Waals surface area (Å²) in [4.78, 5) is 26.2. The van der Waals surface area contributed by atoms with Crippen molar-refractivity contribution in [3.63, 3.8) is 0 Å². The summed E-state index contributed by atoms with van der Waals surface area (Å²) in [5, 5.41) is 3.21. The van der Waals surface area contributed by atoms with Gasteiger partial charge in [0.25, 0.3) is 0 Å². The van der Waals surface area contributed by atoms with Gasteiger partial charge in [0.2, 0.25) is 5.91 Å². The molecule has 1 unspecified atom stereocenters. The summed E-state index contributed by atoms with van der Waals surface area (Å²) in [5.74, 6) is -0.832. The van der Waals surface area contributed by atoms with E-state index in [1.165, 1.54) is 6.92 Å². The van der Waals surface area contributed by atoms with Crippen molar-refractivity contribution >= 4 is 11.7 Å². The second-order valence-corrected chi connectivity index (χ2v) is 4.73. The fourth-order valence-corrected chi connectivity index (χ4v) is 2.76. The van der Waals surface area contributed by atoms with Crippen molar-refractivity contribution in [2.24, 2.45) is 5.73 Å². The lowest BCUT2D eigenvalue weighted by Crippen LogP contribution is -2.63. The van der Waals surface area contributed by atoms with E-state index in [4.69, 9.17) is 5.73 Å². The zero-order chi connectivity index (χ0) is 13.9. The Balaban J connectivity index is 2.53. The van der Waals surface area contributed by atoms with E-state index in [1.54, 1.807) is 12.1 Å². The number of Topliss-reactive ketones (excluding diaryl/α,β-unsaturated/α-hetero) is 1. The normalized spacial score (nSPS) is 19.6. The molecular formula is C14H19N3O2. The smallest absolute Gasteiger partial charge is 0.250 e. The van der Waals surface area contributed by atoms with Crippen molar-refractivity contribution in [1.82, 2.24) is 10.2 Å². The summed E-state index contributed by atoms with van der Waals surface area (Å²) < 4.78 is 0. The van der Waals surface area contributed by atoms with Crippen LogP contribution in [-0.4, -0.2) is 42.8 Å². The number of rotatable bonds is 4. The third kappa shape index (κ3) is 2.27. The number of ketones is 1. The van der Waals surface area contributed by atoms with Crippen LogP contribution in [0.5, 0.6) is 0 Å². The maximum Gasteiger partial charge on any atom is 0.250 e. The van der Waals surface area contributed by atoms with Crippen LogP contribution in [0.1, 0.15) is 12.5 Å². The number of amides is 1. The third-order valence-electron chi connectivity index (χ3n) is 3.65. The molecule has 1 atom stereocenters. The quantitative estimate of drug-likeness (QED) is 0.740. The molecule has 1 aliphatic rings. The first-order chi connectivity index (χ1) is 9.10. The van der Waals surface area contributed by atoms with Gasteiger partial charge in [-0.1, -0.05) is 30.3 Å². The van der Waals surface area contributed by atoms with E-state index in [0.29, 0.717) is 18.7 Å². The van der Waals surface area contributed by atoms with Gasteiger partial charge in [-0.3, -0.25) is 14.5 Å². The first kappa shape index (κ1) is 13.7. The molecule has 102 valence electrons. The van der Waals surface area contributed by atoms with Crippen LogP contribution in [0, 0.1) is 0 Å². The Morgan fingerprint density at radius 1 is 1.21 bits per heavy atom. The predicted octanol–water partition coefficient (Wildman–Crippen LogP) is -0.139. The number of hydrogen-bond donors (Lipinski definition) is 2. The first-order valence-corrected chi connectivity index (χ1v) is 6.42. The van der Waals surface area contributed by atoms with Gasteiger partial charge in [0.15, 0.2) is 11.3 Å². The SMILES string of the molecule is CC(=O)C(C(N)=O)(c1ccccc1)N1CCNCC1. The van der Waals surface area contributed by atoms with Crippen LogP contribution < -0.4 is 11.1 Å². The van der Waals surface area contributed by atoms with Gasteiger partial charge in [-0.25, -0.2) is 0 Å². The molecule has 5 nitrogen and oxygen atoms in total. The Labute approximate surface area is 112 Å². The minimum absolute atomic E-state index is 0.229. The maximum atomic E-state index is 12.2. The molecule has 5 heteroatoms. The molecule has 1 aliphatic heterocycles. The number of primary amides is 1. The topological polar surface area (TPSA) is 75.4 Å². The molecule has 1 aromatic carbocycles. The van der Waals surface area contributed by atoms with Crippen LogP contribution in [0.25, 0.3) is 0 Å². The molecule has 0 bridgehead atoms. The molecule has 3 N–H and O–H groups in total. The van der Waals surface area contributed by atoms with Crippen molar-refractivity contribution in [3.8, 4) is 0 Å². The second kappa shape index (κ2) is 5.50. The van der Waals surface area contributed by atoms with Gasteiger partial charge in [0.05, 0.1) is 0 Å². The fraction of sp³-hybridized carbons (Fsp3) is 0.429. The van der Waals surface area contributed by atoms with E-state index in [1.807, 2.05) is 23.1 Å². The average molecular weight is 261 g/mol. The summed E-state index contributed by atoms with van der Waals surface area (Å²) in [5.41, 5.74) is 4.92. The van der Waals surface area contributed by atoms with Crippen LogP contribution in [0.15, 0.2) is 30.3 Å². The van der Waals surface area contributed by atoms with Crippen molar-refractivity contribution in [1.29, 1.82) is 0 Å². The number of nitrogens with two attached hydrogens (primary N) is 1. The van der Waals surface area contributed by atoms with E-state index < -0.39 is 11.4 Å². The molecule has 0 spiro atoms. The van der Waals surface area contributed by atoms with Gasteiger partial charge in [0.1, 0.15) is 0 Å². The first-order valence-electron chi connectivity index (χ1n) is 6.42. The number of piperazine rings is 1. The molecule has 1 aromatic rings. The van der Waals surface area contributed by atoms with Crippen LogP contribution in [-0.2, 0) is 15.1 Å². The number of carbonyl (C=O) groups is 2. The van der Waals surface area contributed by atoms with E-state index >= 15 is 0 Å². The number of hydrogen-bond acceptors (Lipinski definition) is 4. The Kier molecular flexibility index (Phi) is 3.97. The molecule has 2 rings (SSSR count). The molecule has 0 aromatic heterocycles. The maximum absolute atomic E-state index is 12.2. The lowest BCUT2D eigenvalue weighted by Gasteiger charge is -2.42. The molecule has 0 saturated carbocycles. The van der Waals surface area contributed by atoms with Crippen molar-refractivity contribution in [2.75, 3.05) is 26.2 Å². The summed E-state index contributed by atoms with van der Waals surface area (Å²) in [7, 11) is 0. The van der Waals surface area contributed by atoms with Gasteiger partial charge in [0, 0.05) is 26.2 Å². The van der Waals surface area contributed by atoms with Crippen molar-refractivity contribution < 1.29 is 9.59 Å². The van der Waals surface area contributed by atoms with Crippen LogP contribution >= 0.6 is 0 Å². The van der Waals surface area contributed by atoms with E-state index in [9.17, 15) is 9.59 Å². The summed E-state index contributed by atoms with van der Waals surface area (Å²) in [6.07, 6.45) is 0. The van der Waals surface area contributed by atoms with E-state index in [-0.39, 0.29) is 5.78 Å². The van der Waals surface area contributed by atoms with Gasteiger partial charge >= 0.3 is 0 Å². The monoisotopic (exact) mass is 261 g/mol. The molecule has 1 saturated heterocycles. The zero-order valence-corrected chi connectivity index (χ0v) is 11.1. The van der Waals surface area contributed by atoms with Gasteiger partial charge in [-0.15, -0.1) is 0 Å². The lowest BCUT2D eigenvalue weighted by atomic mass is 9.83. The van der Waals surface area contributed by atoms with Gasteiger partial charge in [-0.2, -0.15) is 0 Å². The number of carbonyl (C=O) groups excluding carboxylic acids is 2. The third-order valence-corrected chi connectivity index (χ3v) is 3.65. The fourth-order valence-electron chi connectivity index (χ4n) is 2.76. The molecule has 19 heavy (non-hydrogen) atoms. The Morgan fingerprint density at radius 2 is 1.79 bits per heavy atom. The highest BCUT2D eigenvalue weighted by atomic mass is 16.2. The Hall–Kier alpha value is -1.72. The van der Waals surface area contributed by atoms with E-state index in [0.717, 1.165) is 13.1 Å². The highest BCUT2D eigenvalue weighted by molar-refractivity contribution is 6.09. The zero-order valence-electron chi connectivity index (χ0n) is 11.1. The van der Waals surface area contributed by atoms with E-state index in [2.05, 4.69) is 5.32 Å². The van der Waals surface area contributed by atoms with Gasteiger partial charge < -0.3 is 11.1 Å². The summed E-state index contributed by atoms with van der Waals surface area (Å²) in [6, 6.07) is 9.06. The average Bonchev–Trinajstić information content (AvgIpc) is 2.41. The minimum Gasteiger partial charge on any atom is -0.367 e. The summed E-state index contributed by atoms with van der Waals surface area (Å²) in [6.45, 7) is 4.17. The van der Waals surface area contributed by atoms with Crippen molar-refractivity contribution in [3.05, 3.63) is 35.9 Å². The van der Waals surface area contributed by atoms with Crippen LogP contribution in [0.3, 0.4) is 0 Å². The molecule has 0 aliphatic carbocycles. The largest absolute Gasteiger partial charge is 0.367 e. The highest BCUT2D eigenvalue weighted by Gasteiger charge is 2.48. The molecule has 1 heterocycles. The highest BCUT2D eigenvalue weighted by Crippen LogP contribution is 2.30. The van der Waals surface area contributed by atoms with Crippen LogP contribution in [0.2, 0.25) is 0 Å². The van der Waals surface area contributed by atoms with Crippen molar-refractivity contribution in [2.45, 2.75) is 12.5 Å². The number of benzene rings is 1. The predicted molar refractivity (Wildman–Crippen MR) is 72.4 cm³/mol. The molecule has 1 fully saturated rings. The lowest BCUT2D eigenvalue weighted by molar-refractivity contribution is -0.143. The number of nitrogens with zero attached hydrogens (tertiary/aromatic N) is 1. The molecule has 1 amide bonds. The second-order valence-electron chi connectivity index (χ2n) is 4.73. The van der Waals surface area contributed by atoms with Gasteiger partial charge in [-0.05, 0) is 12.5 Å².